The highest BCUT2D eigenvalue weighted by atomic mass is 14.9. The van der Waals surface area contributed by atoms with Crippen molar-refractivity contribution >= 4 is 5.69 Å². The number of anilines is 1. The van der Waals surface area contributed by atoms with E-state index in [9.17, 15) is 0 Å². The summed E-state index contributed by atoms with van der Waals surface area (Å²) in [6.45, 7) is 10.1. The molecule has 0 amide bonds. The molecule has 15 heavy (non-hydrogen) atoms. The summed E-state index contributed by atoms with van der Waals surface area (Å²) in [6, 6.07) is 8.72. The van der Waals surface area contributed by atoms with Gasteiger partial charge in [-0.3, -0.25) is 0 Å². The number of nitrogens with one attached hydrogen (secondary N) is 1. The van der Waals surface area contributed by atoms with Crippen LogP contribution in [0.2, 0.25) is 0 Å². The summed E-state index contributed by atoms with van der Waals surface area (Å²) in [5, 5.41) is 3.45. The molecule has 1 aromatic carbocycles. The Hall–Kier alpha value is -0.980. The smallest absolute Gasteiger partial charge is 0.0340 e. The molecule has 0 saturated carbocycles. The highest BCUT2D eigenvalue weighted by Crippen LogP contribution is 2.18. The lowest BCUT2D eigenvalue weighted by atomic mass is 9.92. The minimum Gasteiger partial charge on any atom is -0.385 e. The fourth-order valence-electron chi connectivity index (χ4n) is 1.44. The van der Waals surface area contributed by atoms with Crippen LogP contribution in [0.3, 0.4) is 0 Å². The van der Waals surface area contributed by atoms with Gasteiger partial charge in [0.15, 0.2) is 0 Å². The second kappa shape index (κ2) is 5.20. The van der Waals surface area contributed by atoms with Crippen molar-refractivity contribution in [3.8, 4) is 0 Å². The predicted octanol–water partition coefficient (Wildman–Crippen LogP) is 4.10. The van der Waals surface area contributed by atoms with Gasteiger partial charge in [0.2, 0.25) is 0 Å². The summed E-state index contributed by atoms with van der Waals surface area (Å²) in [5.41, 5.74) is 3.05. The highest BCUT2D eigenvalue weighted by Gasteiger charge is 2.08. The quantitative estimate of drug-likeness (QED) is 0.780. The topological polar surface area (TPSA) is 12.0 Å². The summed E-state index contributed by atoms with van der Waals surface area (Å²) in [7, 11) is 0. The van der Waals surface area contributed by atoms with Gasteiger partial charge in [-0.2, -0.15) is 0 Å². The molecule has 0 aliphatic carbocycles. The maximum Gasteiger partial charge on any atom is 0.0340 e. The fourth-order valence-corrected chi connectivity index (χ4v) is 1.44. The molecule has 1 aromatic rings. The van der Waals surface area contributed by atoms with Crippen LogP contribution in [-0.4, -0.2) is 6.54 Å². The largest absolute Gasteiger partial charge is 0.385 e. The second-order valence-electron chi connectivity index (χ2n) is 5.29. The normalized spacial score (nSPS) is 11.5. The van der Waals surface area contributed by atoms with Crippen molar-refractivity contribution in [2.24, 2.45) is 5.41 Å². The van der Waals surface area contributed by atoms with Gasteiger partial charge in [-0.1, -0.05) is 39.8 Å². The first kappa shape index (κ1) is 12.1. The lowest BCUT2D eigenvalue weighted by Gasteiger charge is -2.18. The molecule has 1 N–H and O–H groups in total. The van der Waals surface area contributed by atoms with Crippen LogP contribution in [0.5, 0.6) is 0 Å². The molecule has 0 heterocycles. The highest BCUT2D eigenvalue weighted by molar-refractivity contribution is 5.44. The number of benzene rings is 1. The van der Waals surface area contributed by atoms with Crippen LogP contribution < -0.4 is 5.32 Å². The number of rotatable bonds is 4. The van der Waals surface area contributed by atoms with E-state index in [0.717, 1.165) is 13.0 Å². The zero-order chi connectivity index (χ0) is 11.3. The van der Waals surface area contributed by atoms with E-state index in [1.54, 1.807) is 0 Å². The number of aryl methyl sites for hydroxylation is 1. The molecule has 0 spiro atoms. The first-order valence-electron chi connectivity index (χ1n) is 5.84. The van der Waals surface area contributed by atoms with E-state index >= 15 is 0 Å². The average Bonchev–Trinajstić information content (AvgIpc) is 2.17. The van der Waals surface area contributed by atoms with Gasteiger partial charge in [0, 0.05) is 12.2 Å². The molecule has 1 heteroatoms. The predicted molar refractivity (Wildman–Crippen MR) is 68.4 cm³/mol. The molecular formula is C14H23N. The van der Waals surface area contributed by atoms with Crippen LogP contribution in [0.4, 0.5) is 5.69 Å². The van der Waals surface area contributed by atoms with Crippen molar-refractivity contribution in [1.29, 1.82) is 0 Å². The van der Waals surface area contributed by atoms with Crippen LogP contribution >= 0.6 is 0 Å². The molecule has 0 aromatic heterocycles. The Morgan fingerprint density at radius 2 is 1.67 bits per heavy atom. The van der Waals surface area contributed by atoms with Crippen LogP contribution in [0, 0.1) is 5.41 Å². The minimum atomic E-state index is 0.413. The van der Waals surface area contributed by atoms with Crippen LogP contribution in [-0.2, 0) is 6.42 Å². The molecule has 0 aliphatic rings. The lowest BCUT2D eigenvalue weighted by Crippen LogP contribution is -2.12. The Labute approximate surface area is 93.9 Å². The maximum absolute atomic E-state index is 3.45. The molecule has 0 atom stereocenters. The van der Waals surface area contributed by atoms with Crippen molar-refractivity contribution < 1.29 is 0 Å². The van der Waals surface area contributed by atoms with Gasteiger partial charge in [0.05, 0.1) is 0 Å². The molecule has 0 bridgehead atoms. The van der Waals surface area contributed by atoms with Crippen molar-refractivity contribution in [3.63, 3.8) is 0 Å². The van der Waals surface area contributed by atoms with Gasteiger partial charge in [-0.05, 0) is 36.0 Å². The van der Waals surface area contributed by atoms with E-state index in [4.69, 9.17) is 0 Å². The van der Waals surface area contributed by atoms with Crippen molar-refractivity contribution in [3.05, 3.63) is 29.8 Å². The molecule has 0 unspecified atom stereocenters. The second-order valence-corrected chi connectivity index (χ2v) is 5.29. The Balaban J connectivity index is 2.38. The Bertz CT molecular complexity index is 279. The van der Waals surface area contributed by atoms with E-state index < -0.39 is 0 Å². The maximum atomic E-state index is 3.45. The van der Waals surface area contributed by atoms with Crippen LogP contribution in [0.25, 0.3) is 0 Å². The summed E-state index contributed by atoms with van der Waals surface area (Å²) in [5.74, 6) is 0. The Morgan fingerprint density at radius 1 is 1.07 bits per heavy atom. The Morgan fingerprint density at radius 3 is 2.13 bits per heavy atom. The van der Waals surface area contributed by atoms with Gasteiger partial charge in [0.1, 0.15) is 0 Å². The van der Waals surface area contributed by atoms with E-state index in [1.807, 2.05) is 0 Å². The SMILES string of the molecule is CCc1ccc(NCCC(C)(C)C)cc1. The number of hydrogen-bond acceptors (Lipinski definition) is 1. The molecule has 1 rings (SSSR count). The van der Waals surface area contributed by atoms with Crippen LogP contribution in [0.1, 0.15) is 39.7 Å². The van der Waals surface area contributed by atoms with Crippen molar-refractivity contribution in [1.82, 2.24) is 0 Å². The molecule has 84 valence electrons. The molecule has 0 radical (unpaired) electrons. The molecule has 1 nitrogen and oxygen atoms in total. The van der Waals surface area contributed by atoms with E-state index in [2.05, 4.69) is 57.3 Å². The fraction of sp³-hybridized carbons (Fsp3) is 0.571. The standard InChI is InChI=1S/C14H23N/c1-5-12-6-8-13(9-7-12)15-11-10-14(2,3)4/h6-9,15H,5,10-11H2,1-4H3. The molecule has 0 saturated heterocycles. The van der Waals surface area contributed by atoms with Gasteiger partial charge < -0.3 is 5.32 Å². The van der Waals surface area contributed by atoms with Gasteiger partial charge >= 0.3 is 0 Å². The average molecular weight is 205 g/mol. The Kier molecular flexibility index (Phi) is 4.19. The van der Waals surface area contributed by atoms with E-state index in [1.165, 1.54) is 17.7 Å². The molecular weight excluding hydrogens is 182 g/mol. The molecule has 0 aliphatic heterocycles. The first-order valence-corrected chi connectivity index (χ1v) is 5.84. The van der Waals surface area contributed by atoms with Crippen LogP contribution in [0.15, 0.2) is 24.3 Å². The van der Waals surface area contributed by atoms with Gasteiger partial charge in [0.25, 0.3) is 0 Å². The van der Waals surface area contributed by atoms with E-state index in [-0.39, 0.29) is 0 Å². The third-order valence-electron chi connectivity index (χ3n) is 2.57. The third kappa shape index (κ3) is 4.87. The summed E-state index contributed by atoms with van der Waals surface area (Å²) in [6.07, 6.45) is 2.31. The summed E-state index contributed by atoms with van der Waals surface area (Å²) >= 11 is 0. The lowest BCUT2D eigenvalue weighted by molar-refractivity contribution is 0.390. The summed E-state index contributed by atoms with van der Waals surface area (Å²) < 4.78 is 0. The van der Waals surface area contributed by atoms with Gasteiger partial charge in [-0.25, -0.2) is 0 Å². The van der Waals surface area contributed by atoms with Gasteiger partial charge in [-0.15, -0.1) is 0 Å². The third-order valence-corrected chi connectivity index (χ3v) is 2.57. The summed E-state index contributed by atoms with van der Waals surface area (Å²) in [4.78, 5) is 0. The molecule has 0 fully saturated rings. The minimum absolute atomic E-state index is 0.413. The van der Waals surface area contributed by atoms with Crippen molar-refractivity contribution in [2.45, 2.75) is 40.5 Å². The van der Waals surface area contributed by atoms with E-state index in [0.29, 0.717) is 5.41 Å². The first-order chi connectivity index (χ1) is 7.01. The monoisotopic (exact) mass is 205 g/mol. The zero-order valence-electron chi connectivity index (χ0n) is 10.4. The zero-order valence-corrected chi connectivity index (χ0v) is 10.4. The van der Waals surface area contributed by atoms with Crippen molar-refractivity contribution in [2.75, 3.05) is 11.9 Å². The number of hydrogen-bond donors (Lipinski definition) is 1.